The molecule has 0 aromatic heterocycles. The number of benzene rings is 2. The molecule has 0 aliphatic carbocycles. The van der Waals surface area contributed by atoms with Crippen molar-refractivity contribution < 1.29 is 4.79 Å². The molecule has 108 valence electrons. The van der Waals surface area contributed by atoms with Crippen LogP contribution in [-0.2, 0) is 6.54 Å². The molecule has 2 aromatic rings. The van der Waals surface area contributed by atoms with Gasteiger partial charge >= 0.3 is 0 Å². The van der Waals surface area contributed by atoms with Crippen LogP contribution in [0.5, 0.6) is 0 Å². The quantitative estimate of drug-likeness (QED) is 0.811. The Morgan fingerprint density at radius 2 is 1.95 bits per heavy atom. The van der Waals surface area contributed by atoms with Gasteiger partial charge in [-0.1, -0.05) is 35.9 Å². The van der Waals surface area contributed by atoms with Crippen LogP contribution in [0, 0.1) is 6.92 Å². The summed E-state index contributed by atoms with van der Waals surface area (Å²) < 4.78 is 0. The maximum Gasteiger partial charge on any atom is 0.253 e. The zero-order chi connectivity index (χ0) is 14.7. The van der Waals surface area contributed by atoms with Crippen LogP contribution >= 0.6 is 0 Å². The van der Waals surface area contributed by atoms with Crippen molar-refractivity contribution in [3.05, 3.63) is 59.2 Å². The molecule has 4 nitrogen and oxygen atoms in total. The summed E-state index contributed by atoms with van der Waals surface area (Å²) in [6, 6.07) is 13.9. The summed E-state index contributed by atoms with van der Waals surface area (Å²) in [5, 5.41) is 9.58. The van der Waals surface area contributed by atoms with E-state index in [2.05, 4.69) is 35.0 Å². The van der Waals surface area contributed by atoms with Crippen molar-refractivity contribution >= 4 is 17.3 Å². The zero-order valence-corrected chi connectivity index (χ0v) is 12.1. The van der Waals surface area contributed by atoms with Crippen LogP contribution in [-0.4, -0.2) is 19.0 Å². The van der Waals surface area contributed by atoms with E-state index >= 15 is 0 Å². The number of carbonyl (C=O) groups is 1. The lowest BCUT2D eigenvalue weighted by atomic mass is 10.1. The molecule has 1 heterocycles. The van der Waals surface area contributed by atoms with Gasteiger partial charge in [-0.3, -0.25) is 4.79 Å². The number of aryl methyl sites for hydroxylation is 1. The molecule has 0 atom stereocenters. The second-order valence-electron chi connectivity index (χ2n) is 5.25. The number of hydrogen-bond acceptors (Lipinski definition) is 3. The SMILES string of the molecule is Cc1cccc(CNC(=O)c2cccc3c2NCCN3)c1. The van der Waals surface area contributed by atoms with Crippen molar-refractivity contribution in [3.63, 3.8) is 0 Å². The Hall–Kier alpha value is -2.49. The topological polar surface area (TPSA) is 53.2 Å². The van der Waals surface area contributed by atoms with E-state index in [9.17, 15) is 4.79 Å². The predicted molar refractivity (Wildman–Crippen MR) is 85.8 cm³/mol. The van der Waals surface area contributed by atoms with Gasteiger partial charge in [0.15, 0.2) is 0 Å². The van der Waals surface area contributed by atoms with Gasteiger partial charge in [0.2, 0.25) is 0 Å². The monoisotopic (exact) mass is 281 g/mol. The Kier molecular flexibility index (Phi) is 3.77. The molecule has 3 N–H and O–H groups in total. The highest BCUT2D eigenvalue weighted by atomic mass is 16.1. The molecule has 0 unspecified atom stereocenters. The van der Waals surface area contributed by atoms with Crippen LogP contribution in [0.15, 0.2) is 42.5 Å². The minimum Gasteiger partial charge on any atom is -0.382 e. The van der Waals surface area contributed by atoms with Crippen LogP contribution in [0.3, 0.4) is 0 Å². The number of hydrogen-bond donors (Lipinski definition) is 3. The van der Waals surface area contributed by atoms with Crippen LogP contribution in [0.25, 0.3) is 0 Å². The summed E-state index contributed by atoms with van der Waals surface area (Å²) in [7, 11) is 0. The molecule has 0 fully saturated rings. The second kappa shape index (κ2) is 5.87. The van der Waals surface area contributed by atoms with Gasteiger partial charge < -0.3 is 16.0 Å². The number of fused-ring (bicyclic) bond motifs is 1. The molecule has 0 saturated carbocycles. The summed E-state index contributed by atoms with van der Waals surface area (Å²) >= 11 is 0. The molecule has 21 heavy (non-hydrogen) atoms. The average molecular weight is 281 g/mol. The molecule has 0 spiro atoms. The molecule has 3 rings (SSSR count). The van der Waals surface area contributed by atoms with Gasteiger partial charge in [0, 0.05) is 19.6 Å². The fourth-order valence-electron chi connectivity index (χ4n) is 2.56. The van der Waals surface area contributed by atoms with Gasteiger partial charge in [-0.25, -0.2) is 0 Å². The molecular weight excluding hydrogens is 262 g/mol. The largest absolute Gasteiger partial charge is 0.382 e. The first kappa shape index (κ1) is 13.5. The Morgan fingerprint density at radius 1 is 1.14 bits per heavy atom. The van der Waals surface area contributed by atoms with Crippen molar-refractivity contribution in [2.75, 3.05) is 23.7 Å². The van der Waals surface area contributed by atoms with Gasteiger partial charge in [-0.15, -0.1) is 0 Å². The lowest BCUT2D eigenvalue weighted by molar-refractivity contribution is 0.0951. The van der Waals surface area contributed by atoms with Crippen LogP contribution in [0.2, 0.25) is 0 Å². The van der Waals surface area contributed by atoms with Gasteiger partial charge in [0.05, 0.1) is 16.9 Å². The van der Waals surface area contributed by atoms with Crippen molar-refractivity contribution in [2.24, 2.45) is 0 Å². The summed E-state index contributed by atoms with van der Waals surface area (Å²) in [5.41, 5.74) is 4.88. The third-order valence-electron chi connectivity index (χ3n) is 3.59. The first-order valence-corrected chi connectivity index (χ1v) is 7.18. The number of amides is 1. The number of carbonyl (C=O) groups excluding carboxylic acids is 1. The molecule has 1 aliphatic rings. The molecule has 1 amide bonds. The van der Waals surface area contributed by atoms with Crippen LogP contribution in [0.1, 0.15) is 21.5 Å². The van der Waals surface area contributed by atoms with E-state index in [1.807, 2.05) is 30.3 Å². The molecule has 0 radical (unpaired) electrons. The summed E-state index contributed by atoms with van der Waals surface area (Å²) in [6.45, 7) is 4.29. The van der Waals surface area contributed by atoms with Crippen LogP contribution in [0.4, 0.5) is 11.4 Å². The first-order valence-electron chi connectivity index (χ1n) is 7.18. The smallest absolute Gasteiger partial charge is 0.253 e. The van der Waals surface area contributed by atoms with Gasteiger partial charge in [0.1, 0.15) is 0 Å². The normalized spacial score (nSPS) is 12.8. The lowest BCUT2D eigenvalue weighted by Gasteiger charge is -2.22. The van der Waals surface area contributed by atoms with Crippen molar-refractivity contribution in [1.29, 1.82) is 0 Å². The minimum absolute atomic E-state index is 0.0513. The van der Waals surface area contributed by atoms with E-state index in [0.29, 0.717) is 12.1 Å². The van der Waals surface area contributed by atoms with Crippen molar-refractivity contribution in [3.8, 4) is 0 Å². The van der Waals surface area contributed by atoms with E-state index < -0.39 is 0 Å². The maximum absolute atomic E-state index is 12.4. The van der Waals surface area contributed by atoms with Crippen molar-refractivity contribution in [2.45, 2.75) is 13.5 Å². The predicted octanol–water partition coefficient (Wildman–Crippen LogP) is 2.76. The van der Waals surface area contributed by atoms with E-state index in [1.54, 1.807) is 0 Å². The molecule has 1 aliphatic heterocycles. The van der Waals surface area contributed by atoms with E-state index in [4.69, 9.17) is 0 Å². The fourth-order valence-corrected chi connectivity index (χ4v) is 2.56. The number of rotatable bonds is 3. The third-order valence-corrected chi connectivity index (χ3v) is 3.59. The molecule has 0 bridgehead atoms. The molecule has 2 aromatic carbocycles. The van der Waals surface area contributed by atoms with Gasteiger partial charge in [0.25, 0.3) is 5.91 Å². The summed E-state index contributed by atoms with van der Waals surface area (Å²) in [6.07, 6.45) is 0. The zero-order valence-electron chi connectivity index (χ0n) is 12.1. The molecule has 4 heteroatoms. The molecular formula is C17H19N3O. The van der Waals surface area contributed by atoms with Crippen LogP contribution < -0.4 is 16.0 Å². The van der Waals surface area contributed by atoms with E-state index in [1.165, 1.54) is 5.56 Å². The Morgan fingerprint density at radius 3 is 2.81 bits per heavy atom. The Bertz CT molecular complexity index is 667. The molecule has 0 saturated heterocycles. The highest BCUT2D eigenvalue weighted by molar-refractivity contribution is 6.02. The van der Waals surface area contributed by atoms with E-state index in [0.717, 1.165) is 30.0 Å². The van der Waals surface area contributed by atoms with Gasteiger partial charge in [-0.2, -0.15) is 0 Å². The minimum atomic E-state index is -0.0513. The van der Waals surface area contributed by atoms with Crippen molar-refractivity contribution in [1.82, 2.24) is 5.32 Å². The number of para-hydroxylation sites is 1. The van der Waals surface area contributed by atoms with Gasteiger partial charge in [-0.05, 0) is 24.6 Å². The summed E-state index contributed by atoms with van der Waals surface area (Å²) in [4.78, 5) is 12.4. The summed E-state index contributed by atoms with van der Waals surface area (Å²) in [5.74, 6) is -0.0513. The highest BCUT2D eigenvalue weighted by Crippen LogP contribution is 2.28. The third kappa shape index (κ3) is 2.99. The number of anilines is 2. The average Bonchev–Trinajstić information content (AvgIpc) is 2.52. The Labute approximate surface area is 124 Å². The second-order valence-corrected chi connectivity index (χ2v) is 5.25. The lowest BCUT2D eigenvalue weighted by Crippen LogP contribution is -2.27. The van der Waals surface area contributed by atoms with E-state index in [-0.39, 0.29) is 5.91 Å². The first-order chi connectivity index (χ1) is 10.2. The Balaban J connectivity index is 1.74. The number of nitrogens with one attached hydrogen (secondary N) is 3. The highest BCUT2D eigenvalue weighted by Gasteiger charge is 2.16. The maximum atomic E-state index is 12.4. The standard InChI is InChI=1S/C17H19N3O/c1-12-4-2-5-13(10-12)11-20-17(21)14-6-3-7-15-16(14)19-9-8-18-15/h2-7,10,18-19H,8-9,11H2,1H3,(H,20,21). The fraction of sp³-hybridized carbons (Fsp3) is 0.235.